The highest BCUT2D eigenvalue weighted by atomic mass is 16.5. The maximum absolute atomic E-state index is 10.8. The third-order valence-corrected chi connectivity index (χ3v) is 6.27. The number of hydrogen-bond donors (Lipinski definition) is 3. The highest BCUT2D eigenvalue weighted by molar-refractivity contribution is 5.73. The van der Waals surface area contributed by atoms with Crippen LogP contribution in [0.2, 0.25) is 0 Å². The van der Waals surface area contributed by atoms with Gasteiger partial charge in [0.25, 0.3) is 5.88 Å². The SMILES string of the molecule is CCOc1cccnc1O[C@@H]1CCCN(c2cncc(Nc3cccc(-c4ccc(NCC(=O)O)cc4)n3)n2)C1. The second-order valence-electron chi connectivity index (χ2n) is 9.19. The van der Waals surface area contributed by atoms with E-state index in [1.807, 2.05) is 61.5 Å². The summed E-state index contributed by atoms with van der Waals surface area (Å²) >= 11 is 0. The lowest BCUT2D eigenvalue weighted by Gasteiger charge is -2.33. The fraction of sp³-hybridized carbons (Fsp3) is 0.276. The van der Waals surface area contributed by atoms with Gasteiger partial charge < -0.3 is 30.1 Å². The Morgan fingerprint density at radius 3 is 2.77 bits per heavy atom. The Bertz CT molecular complexity index is 1430. The minimum absolute atomic E-state index is 0.0506. The molecule has 1 saturated heterocycles. The van der Waals surface area contributed by atoms with Crippen LogP contribution in [0.5, 0.6) is 11.6 Å². The maximum Gasteiger partial charge on any atom is 0.322 e. The summed E-state index contributed by atoms with van der Waals surface area (Å²) in [6.45, 7) is 3.85. The van der Waals surface area contributed by atoms with Crippen molar-refractivity contribution in [1.29, 1.82) is 0 Å². The van der Waals surface area contributed by atoms with E-state index in [4.69, 9.17) is 24.5 Å². The number of anilines is 4. The number of hydrogen-bond acceptors (Lipinski definition) is 10. The van der Waals surface area contributed by atoms with Crippen molar-refractivity contribution in [2.45, 2.75) is 25.9 Å². The summed E-state index contributed by atoms with van der Waals surface area (Å²) in [6, 6.07) is 16.9. The maximum atomic E-state index is 10.8. The number of nitrogens with one attached hydrogen (secondary N) is 2. The number of rotatable bonds is 11. The number of ether oxygens (including phenoxy) is 2. The largest absolute Gasteiger partial charge is 0.488 e. The zero-order chi connectivity index (χ0) is 27.7. The van der Waals surface area contributed by atoms with Gasteiger partial charge >= 0.3 is 5.97 Å². The summed E-state index contributed by atoms with van der Waals surface area (Å²) in [5, 5.41) is 15.0. The van der Waals surface area contributed by atoms with Gasteiger partial charge in [0.1, 0.15) is 24.3 Å². The number of pyridine rings is 2. The second-order valence-corrected chi connectivity index (χ2v) is 9.19. The van der Waals surface area contributed by atoms with Gasteiger partial charge in [-0.1, -0.05) is 18.2 Å². The van der Waals surface area contributed by atoms with Crippen molar-refractivity contribution < 1.29 is 19.4 Å². The van der Waals surface area contributed by atoms with Crippen molar-refractivity contribution in [3.8, 4) is 22.9 Å². The summed E-state index contributed by atoms with van der Waals surface area (Å²) in [5.41, 5.74) is 2.41. The van der Waals surface area contributed by atoms with E-state index in [2.05, 4.69) is 25.5 Å². The molecule has 40 heavy (non-hydrogen) atoms. The molecule has 3 aromatic heterocycles. The summed E-state index contributed by atoms with van der Waals surface area (Å²) in [6.07, 6.45) is 6.94. The molecule has 0 spiro atoms. The molecule has 0 saturated carbocycles. The van der Waals surface area contributed by atoms with Crippen molar-refractivity contribution in [2.24, 2.45) is 0 Å². The van der Waals surface area contributed by atoms with E-state index in [-0.39, 0.29) is 12.6 Å². The molecule has 11 nitrogen and oxygen atoms in total. The summed E-state index contributed by atoms with van der Waals surface area (Å²) in [5.74, 6) is 2.22. The Morgan fingerprint density at radius 2 is 1.95 bits per heavy atom. The molecule has 4 aromatic rings. The van der Waals surface area contributed by atoms with Gasteiger partial charge in [0.2, 0.25) is 0 Å². The molecular formula is C29H31N7O4. The topological polar surface area (TPSA) is 135 Å². The second kappa shape index (κ2) is 12.7. The molecule has 0 unspecified atom stereocenters. The van der Waals surface area contributed by atoms with Crippen molar-refractivity contribution in [3.05, 3.63) is 73.2 Å². The number of carboxylic acid groups (broad SMARTS) is 1. The van der Waals surface area contributed by atoms with Crippen LogP contribution < -0.4 is 25.0 Å². The zero-order valence-corrected chi connectivity index (χ0v) is 22.2. The molecule has 1 aliphatic rings. The van der Waals surface area contributed by atoms with E-state index in [0.717, 1.165) is 42.1 Å². The monoisotopic (exact) mass is 541 g/mol. The third kappa shape index (κ3) is 6.93. The quantitative estimate of drug-likeness (QED) is 0.245. The lowest BCUT2D eigenvalue weighted by atomic mass is 10.1. The lowest BCUT2D eigenvalue weighted by molar-refractivity contribution is -0.134. The molecule has 1 atom stereocenters. The van der Waals surface area contributed by atoms with E-state index in [0.29, 0.717) is 36.4 Å². The molecule has 1 aromatic carbocycles. The first-order chi connectivity index (χ1) is 19.6. The lowest BCUT2D eigenvalue weighted by Crippen LogP contribution is -2.41. The predicted octanol–water partition coefficient (Wildman–Crippen LogP) is 4.62. The summed E-state index contributed by atoms with van der Waals surface area (Å²) in [4.78, 5) is 31.2. The smallest absolute Gasteiger partial charge is 0.322 e. The van der Waals surface area contributed by atoms with Gasteiger partial charge in [-0.05, 0) is 56.2 Å². The Morgan fingerprint density at radius 1 is 1.07 bits per heavy atom. The van der Waals surface area contributed by atoms with E-state index in [1.165, 1.54) is 0 Å². The Hall–Kier alpha value is -4.93. The van der Waals surface area contributed by atoms with E-state index < -0.39 is 5.97 Å². The van der Waals surface area contributed by atoms with E-state index in [9.17, 15) is 4.79 Å². The van der Waals surface area contributed by atoms with Gasteiger partial charge in [-0.3, -0.25) is 9.78 Å². The van der Waals surface area contributed by atoms with E-state index in [1.54, 1.807) is 18.6 Å². The molecular weight excluding hydrogens is 510 g/mol. The van der Waals surface area contributed by atoms with E-state index >= 15 is 0 Å². The van der Waals surface area contributed by atoms with Gasteiger partial charge in [0.15, 0.2) is 11.6 Å². The fourth-order valence-electron chi connectivity index (χ4n) is 4.43. The first-order valence-corrected chi connectivity index (χ1v) is 13.2. The molecule has 1 fully saturated rings. The van der Waals surface area contributed by atoms with Gasteiger partial charge in [-0.2, -0.15) is 0 Å². The number of carbonyl (C=O) groups is 1. The molecule has 11 heteroatoms. The number of benzene rings is 1. The first-order valence-electron chi connectivity index (χ1n) is 13.2. The number of nitrogens with zero attached hydrogens (tertiary/aromatic N) is 5. The molecule has 0 radical (unpaired) electrons. The van der Waals surface area contributed by atoms with Gasteiger partial charge in [0.05, 0.1) is 31.2 Å². The van der Waals surface area contributed by atoms with Crippen molar-refractivity contribution in [2.75, 3.05) is 41.8 Å². The number of piperidine rings is 1. The molecule has 0 aliphatic carbocycles. The van der Waals surface area contributed by atoms with Crippen LogP contribution in [0, 0.1) is 0 Å². The van der Waals surface area contributed by atoms with Crippen molar-refractivity contribution >= 4 is 29.1 Å². The van der Waals surface area contributed by atoms with Gasteiger partial charge in [-0.15, -0.1) is 0 Å². The summed E-state index contributed by atoms with van der Waals surface area (Å²) in [7, 11) is 0. The van der Waals surface area contributed by atoms with Crippen LogP contribution in [0.15, 0.2) is 73.2 Å². The van der Waals surface area contributed by atoms with Crippen molar-refractivity contribution in [3.63, 3.8) is 0 Å². The molecule has 206 valence electrons. The molecule has 4 heterocycles. The average Bonchev–Trinajstić information content (AvgIpc) is 2.98. The predicted molar refractivity (Wildman–Crippen MR) is 152 cm³/mol. The average molecular weight is 542 g/mol. The molecule has 0 bridgehead atoms. The number of carboxylic acids is 1. The van der Waals surface area contributed by atoms with Crippen molar-refractivity contribution in [1.82, 2.24) is 19.9 Å². The van der Waals surface area contributed by atoms with Crippen LogP contribution in [0.1, 0.15) is 19.8 Å². The Balaban J connectivity index is 1.24. The molecule has 3 N–H and O–H groups in total. The van der Waals surface area contributed by atoms with Crippen LogP contribution >= 0.6 is 0 Å². The molecule has 1 aliphatic heterocycles. The van der Waals surface area contributed by atoms with Gasteiger partial charge in [-0.25, -0.2) is 15.0 Å². The highest BCUT2D eigenvalue weighted by Crippen LogP contribution is 2.28. The minimum Gasteiger partial charge on any atom is -0.488 e. The molecule has 0 amide bonds. The van der Waals surface area contributed by atoms with Crippen LogP contribution in [0.4, 0.5) is 23.1 Å². The highest BCUT2D eigenvalue weighted by Gasteiger charge is 2.24. The summed E-state index contributed by atoms with van der Waals surface area (Å²) < 4.78 is 11.9. The first kappa shape index (κ1) is 26.7. The van der Waals surface area contributed by atoms with Gasteiger partial charge in [0, 0.05) is 24.0 Å². The zero-order valence-electron chi connectivity index (χ0n) is 22.2. The number of aromatic nitrogens is 4. The van der Waals surface area contributed by atoms with Crippen LogP contribution in [0.3, 0.4) is 0 Å². The molecule has 5 rings (SSSR count). The Labute approximate surface area is 232 Å². The van der Waals surface area contributed by atoms with Crippen LogP contribution in [-0.4, -0.2) is 63.4 Å². The fourth-order valence-corrected chi connectivity index (χ4v) is 4.43. The van der Waals surface area contributed by atoms with Crippen LogP contribution in [-0.2, 0) is 4.79 Å². The van der Waals surface area contributed by atoms with Crippen LogP contribution in [0.25, 0.3) is 11.3 Å². The number of aliphatic carboxylic acids is 1. The Kier molecular flexibility index (Phi) is 8.50. The normalized spacial score (nSPS) is 14.8. The minimum atomic E-state index is -0.911. The standard InChI is InChI=1S/C29H31N7O4/c1-2-39-24-8-4-14-31-29(24)40-22-6-5-15-36(19-22)27-17-30-16-26(35-27)34-25-9-3-7-23(33-25)20-10-12-21(13-11-20)32-18-28(37)38/h3-4,7-14,16-17,22,32H,2,5-6,15,18-19H2,1H3,(H,37,38)(H,33,34,35)/t22-/m1/s1. The third-order valence-electron chi connectivity index (χ3n) is 6.27.